The smallest absolute Gasteiger partial charge is 0.0690 e. The molecule has 3 aliphatic rings. The zero-order chi connectivity index (χ0) is 7.95. The fourth-order valence-electron chi connectivity index (χ4n) is 2.87. The monoisotopic (exact) mass is 151 g/mol. The lowest BCUT2D eigenvalue weighted by molar-refractivity contribution is -0.0886. The van der Waals surface area contributed by atoms with Crippen LogP contribution in [0.4, 0.5) is 0 Å². The van der Waals surface area contributed by atoms with Crippen molar-refractivity contribution in [1.29, 1.82) is 5.26 Å². The maximum absolute atomic E-state index is 9.09. The number of aliphatic hydroxyl groups excluding tert-OH is 1. The van der Waals surface area contributed by atoms with Gasteiger partial charge in [0.2, 0.25) is 0 Å². The van der Waals surface area contributed by atoms with Crippen molar-refractivity contribution in [2.24, 2.45) is 10.8 Å². The molecule has 60 valence electrons. The van der Waals surface area contributed by atoms with Gasteiger partial charge in [-0.05, 0) is 31.1 Å². The van der Waals surface area contributed by atoms with Crippen LogP contribution in [0.1, 0.15) is 32.1 Å². The number of nitriles is 1. The van der Waals surface area contributed by atoms with Crippen molar-refractivity contribution in [3.8, 4) is 6.07 Å². The van der Waals surface area contributed by atoms with Crippen molar-refractivity contribution in [2.45, 2.75) is 32.1 Å². The first-order valence-corrected chi connectivity index (χ1v) is 4.26. The second kappa shape index (κ2) is 1.98. The average molecular weight is 151 g/mol. The minimum absolute atomic E-state index is 0.0268. The third-order valence-electron chi connectivity index (χ3n) is 3.36. The molecule has 0 aromatic carbocycles. The molecule has 3 rings (SSSR count). The number of rotatable bonds is 1. The molecule has 0 saturated heterocycles. The molecule has 11 heavy (non-hydrogen) atoms. The van der Waals surface area contributed by atoms with E-state index in [0.717, 1.165) is 32.1 Å². The Morgan fingerprint density at radius 3 is 2.64 bits per heavy atom. The van der Waals surface area contributed by atoms with Crippen molar-refractivity contribution in [1.82, 2.24) is 0 Å². The zero-order valence-electron chi connectivity index (χ0n) is 6.64. The molecule has 2 heteroatoms. The van der Waals surface area contributed by atoms with Crippen molar-refractivity contribution in [2.75, 3.05) is 6.61 Å². The summed E-state index contributed by atoms with van der Waals surface area (Å²) in [6, 6.07) is 2.39. The second-order valence-electron chi connectivity index (χ2n) is 4.26. The van der Waals surface area contributed by atoms with Crippen LogP contribution in [0.3, 0.4) is 0 Å². The molecule has 0 amide bonds. The molecule has 1 N–H and O–H groups in total. The summed E-state index contributed by atoms with van der Waals surface area (Å²) in [6.07, 6.45) is 5.23. The molecular weight excluding hydrogens is 138 g/mol. The van der Waals surface area contributed by atoms with Crippen LogP contribution in [0.2, 0.25) is 0 Å². The first-order valence-electron chi connectivity index (χ1n) is 4.26. The molecule has 2 bridgehead atoms. The molecule has 0 heterocycles. The lowest BCUT2D eigenvalue weighted by Gasteiger charge is -2.56. The third kappa shape index (κ3) is 0.810. The highest BCUT2D eigenvalue weighted by molar-refractivity contribution is 5.16. The molecule has 0 radical (unpaired) electrons. The predicted molar refractivity (Wildman–Crippen MR) is 40.6 cm³/mol. The summed E-state index contributed by atoms with van der Waals surface area (Å²) in [6.45, 7) is 0.288. The average Bonchev–Trinajstić information content (AvgIpc) is 2.04. The fraction of sp³-hybridized carbons (Fsp3) is 0.889. The summed E-state index contributed by atoms with van der Waals surface area (Å²) in [7, 11) is 0. The van der Waals surface area contributed by atoms with E-state index in [4.69, 9.17) is 10.4 Å². The van der Waals surface area contributed by atoms with Crippen molar-refractivity contribution >= 4 is 0 Å². The van der Waals surface area contributed by atoms with Gasteiger partial charge in [0, 0.05) is 6.61 Å². The van der Waals surface area contributed by atoms with Gasteiger partial charge in [-0.25, -0.2) is 0 Å². The molecule has 0 spiro atoms. The van der Waals surface area contributed by atoms with Gasteiger partial charge < -0.3 is 5.11 Å². The van der Waals surface area contributed by atoms with E-state index in [1.807, 2.05) is 0 Å². The molecule has 3 fully saturated rings. The zero-order valence-corrected chi connectivity index (χ0v) is 6.64. The van der Waals surface area contributed by atoms with Gasteiger partial charge in [-0.15, -0.1) is 0 Å². The summed E-state index contributed by atoms with van der Waals surface area (Å²) in [5.41, 5.74) is 0.134. The maximum atomic E-state index is 9.09. The Hall–Kier alpha value is -0.550. The predicted octanol–water partition coefficient (Wildman–Crippen LogP) is 1.45. The number of aliphatic hydroxyl groups is 1. The summed E-state index contributed by atoms with van der Waals surface area (Å²) in [4.78, 5) is 0. The van der Waals surface area contributed by atoms with E-state index in [2.05, 4.69) is 6.07 Å². The molecule has 0 aliphatic heterocycles. The van der Waals surface area contributed by atoms with E-state index in [0.29, 0.717) is 0 Å². The lowest BCUT2D eigenvalue weighted by Crippen LogP contribution is -2.51. The molecule has 0 unspecified atom stereocenters. The Balaban J connectivity index is 2.13. The van der Waals surface area contributed by atoms with Gasteiger partial charge in [0.15, 0.2) is 0 Å². The van der Waals surface area contributed by atoms with Gasteiger partial charge in [-0.3, -0.25) is 0 Å². The second-order valence-corrected chi connectivity index (χ2v) is 4.26. The molecule has 0 aromatic rings. The molecule has 3 saturated carbocycles. The quantitative estimate of drug-likeness (QED) is 0.616. The third-order valence-corrected chi connectivity index (χ3v) is 3.36. The van der Waals surface area contributed by atoms with E-state index in [9.17, 15) is 0 Å². The Kier molecular flexibility index (Phi) is 1.28. The van der Waals surface area contributed by atoms with Gasteiger partial charge >= 0.3 is 0 Å². The number of hydrogen-bond donors (Lipinski definition) is 1. The Morgan fingerprint density at radius 1 is 1.36 bits per heavy atom. The van der Waals surface area contributed by atoms with Gasteiger partial charge in [0.05, 0.1) is 11.5 Å². The highest BCUT2D eigenvalue weighted by Gasteiger charge is 2.57. The molecular formula is C9H13NO. The van der Waals surface area contributed by atoms with E-state index in [-0.39, 0.29) is 17.4 Å². The topological polar surface area (TPSA) is 44.0 Å². The standard InChI is InChI=1S/C9H13NO/c10-6-8-2-1-3-9(4-8,5-8)7-11/h11H,1-5,7H2. The largest absolute Gasteiger partial charge is 0.396 e. The van der Waals surface area contributed by atoms with E-state index < -0.39 is 0 Å². The van der Waals surface area contributed by atoms with Crippen molar-refractivity contribution in [3.63, 3.8) is 0 Å². The summed E-state index contributed by atoms with van der Waals surface area (Å²) in [5, 5.41) is 18.0. The van der Waals surface area contributed by atoms with Crippen LogP contribution in [0.25, 0.3) is 0 Å². The summed E-state index contributed by atoms with van der Waals surface area (Å²) < 4.78 is 0. The van der Waals surface area contributed by atoms with Crippen molar-refractivity contribution < 1.29 is 5.11 Å². The van der Waals surface area contributed by atoms with Crippen LogP contribution < -0.4 is 0 Å². The number of fused-ring (bicyclic) bond motifs is 2. The van der Waals surface area contributed by atoms with Gasteiger partial charge in [-0.2, -0.15) is 5.26 Å². The van der Waals surface area contributed by atoms with Crippen LogP contribution in [0.15, 0.2) is 0 Å². The van der Waals surface area contributed by atoms with Crippen LogP contribution in [-0.4, -0.2) is 11.7 Å². The minimum atomic E-state index is -0.0268. The lowest BCUT2D eigenvalue weighted by atomic mass is 9.46. The molecule has 3 aliphatic carbocycles. The summed E-state index contributed by atoms with van der Waals surface area (Å²) in [5.74, 6) is 0. The van der Waals surface area contributed by atoms with Crippen LogP contribution in [0, 0.1) is 22.2 Å². The van der Waals surface area contributed by atoms with Gasteiger partial charge in [-0.1, -0.05) is 6.42 Å². The minimum Gasteiger partial charge on any atom is -0.396 e. The van der Waals surface area contributed by atoms with Gasteiger partial charge in [0.1, 0.15) is 0 Å². The molecule has 0 atom stereocenters. The first-order chi connectivity index (χ1) is 5.24. The van der Waals surface area contributed by atoms with E-state index >= 15 is 0 Å². The van der Waals surface area contributed by atoms with Crippen LogP contribution in [-0.2, 0) is 0 Å². The maximum Gasteiger partial charge on any atom is 0.0690 e. The van der Waals surface area contributed by atoms with Crippen molar-refractivity contribution in [3.05, 3.63) is 0 Å². The van der Waals surface area contributed by atoms with E-state index in [1.54, 1.807) is 0 Å². The normalized spacial score (nSPS) is 47.6. The highest BCUT2D eigenvalue weighted by Crippen LogP contribution is 2.62. The van der Waals surface area contributed by atoms with Crippen LogP contribution >= 0.6 is 0 Å². The van der Waals surface area contributed by atoms with Gasteiger partial charge in [0.25, 0.3) is 0 Å². The Labute approximate surface area is 66.8 Å². The Bertz CT molecular complexity index is 210. The number of nitrogens with zero attached hydrogens (tertiary/aromatic N) is 1. The van der Waals surface area contributed by atoms with E-state index in [1.165, 1.54) is 0 Å². The summed E-state index contributed by atoms with van der Waals surface area (Å²) >= 11 is 0. The highest BCUT2D eigenvalue weighted by atomic mass is 16.3. The Morgan fingerprint density at radius 2 is 2.09 bits per heavy atom. The molecule has 0 aromatic heterocycles. The first kappa shape index (κ1) is 7.12. The molecule has 2 nitrogen and oxygen atoms in total. The fourth-order valence-corrected chi connectivity index (χ4v) is 2.87. The SMILES string of the molecule is N#CC12CCCC(CO)(C1)C2. The van der Waals surface area contributed by atoms with Crippen LogP contribution in [0.5, 0.6) is 0 Å². The number of hydrogen-bond acceptors (Lipinski definition) is 2.